The largest absolute Gasteiger partial charge is 0.493 e. The number of nitrogens with two attached hydrogens (primary N) is 1. The zero-order chi connectivity index (χ0) is 19.3. The van der Waals surface area contributed by atoms with Gasteiger partial charge in [-0.2, -0.15) is 0 Å². The maximum absolute atomic E-state index is 6.21. The molecule has 3 rings (SSSR count). The Bertz CT molecular complexity index is 656. The number of methoxy groups -OCH3 is 2. The fourth-order valence-electron chi connectivity index (χ4n) is 4.65. The molecule has 0 bridgehead atoms. The molecule has 2 aliphatic rings. The number of guanidine groups is 1. The highest BCUT2D eigenvalue weighted by Gasteiger charge is 2.55. The van der Waals surface area contributed by atoms with E-state index in [1.54, 1.807) is 14.2 Å². The van der Waals surface area contributed by atoms with Crippen molar-refractivity contribution in [2.24, 2.45) is 16.1 Å². The third-order valence-electron chi connectivity index (χ3n) is 6.14. The van der Waals surface area contributed by atoms with Gasteiger partial charge in [-0.3, -0.25) is 0 Å². The van der Waals surface area contributed by atoms with Crippen LogP contribution in [0.5, 0.6) is 11.5 Å². The van der Waals surface area contributed by atoms with E-state index in [4.69, 9.17) is 19.9 Å². The molecule has 6 nitrogen and oxygen atoms in total. The average Bonchev–Trinajstić information content (AvgIpc) is 2.71. The van der Waals surface area contributed by atoms with E-state index < -0.39 is 0 Å². The molecule has 1 aromatic rings. The highest BCUT2D eigenvalue weighted by molar-refractivity contribution is 5.78. The smallest absolute Gasteiger partial charge is 0.189 e. The second kappa shape index (κ2) is 8.83. The SMILES string of the molecule is CCOC1CC(NC(N)=NCc2ccc(OC)c(OC)c2)C12CCCCC2. The Morgan fingerprint density at radius 2 is 1.93 bits per heavy atom. The number of hydrogen-bond acceptors (Lipinski definition) is 4. The van der Waals surface area contributed by atoms with Gasteiger partial charge in [-0.05, 0) is 43.9 Å². The van der Waals surface area contributed by atoms with Crippen molar-refractivity contribution in [2.75, 3.05) is 20.8 Å². The van der Waals surface area contributed by atoms with Gasteiger partial charge < -0.3 is 25.3 Å². The minimum atomic E-state index is 0.234. The van der Waals surface area contributed by atoms with E-state index in [9.17, 15) is 0 Å². The van der Waals surface area contributed by atoms with E-state index in [1.165, 1.54) is 32.1 Å². The van der Waals surface area contributed by atoms with E-state index in [-0.39, 0.29) is 5.41 Å². The van der Waals surface area contributed by atoms with Gasteiger partial charge in [0, 0.05) is 18.1 Å². The monoisotopic (exact) mass is 375 g/mol. The number of aliphatic imine (C=N–C) groups is 1. The van der Waals surface area contributed by atoms with Crippen molar-refractivity contribution in [1.82, 2.24) is 5.32 Å². The van der Waals surface area contributed by atoms with Crippen LogP contribution in [0, 0.1) is 5.41 Å². The number of nitrogens with one attached hydrogen (secondary N) is 1. The Balaban J connectivity index is 1.62. The van der Waals surface area contributed by atoms with Crippen LogP contribution < -0.4 is 20.5 Å². The predicted octanol–water partition coefficient (Wildman–Crippen LogP) is 3.24. The number of hydrogen-bond donors (Lipinski definition) is 2. The van der Waals surface area contributed by atoms with Crippen LogP contribution in [0.3, 0.4) is 0 Å². The summed E-state index contributed by atoms with van der Waals surface area (Å²) < 4.78 is 16.6. The highest BCUT2D eigenvalue weighted by atomic mass is 16.5. The lowest BCUT2D eigenvalue weighted by atomic mass is 9.55. The fourth-order valence-corrected chi connectivity index (χ4v) is 4.65. The lowest BCUT2D eigenvalue weighted by Crippen LogP contribution is -2.66. The molecule has 6 heteroatoms. The summed E-state index contributed by atoms with van der Waals surface area (Å²) in [6.45, 7) is 3.37. The summed E-state index contributed by atoms with van der Waals surface area (Å²) in [7, 11) is 3.27. The summed E-state index contributed by atoms with van der Waals surface area (Å²) in [5.74, 6) is 1.93. The second-order valence-electron chi connectivity index (χ2n) is 7.56. The van der Waals surface area contributed by atoms with Crippen molar-refractivity contribution in [3.63, 3.8) is 0 Å². The number of rotatable bonds is 7. The molecule has 0 amide bonds. The Hall–Kier alpha value is -1.95. The Kier molecular flexibility index (Phi) is 6.47. The zero-order valence-corrected chi connectivity index (χ0v) is 16.8. The van der Waals surface area contributed by atoms with Crippen molar-refractivity contribution in [3.05, 3.63) is 23.8 Å². The van der Waals surface area contributed by atoms with Crippen LogP contribution in [0.25, 0.3) is 0 Å². The van der Waals surface area contributed by atoms with Gasteiger partial charge in [0.15, 0.2) is 17.5 Å². The number of nitrogens with zero attached hydrogens (tertiary/aromatic N) is 1. The van der Waals surface area contributed by atoms with Crippen LogP contribution >= 0.6 is 0 Å². The summed E-state index contributed by atoms with van der Waals surface area (Å²) in [4.78, 5) is 4.54. The van der Waals surface area contributed by atoms with Crippen LogP contribution in [-0.2, 0) is 11.3 Å². The second-order valence-corrected chi connectivity index (χ2v) is 7.56. The fraction of sp³-hybridized carbons (Fsp3) is 0.667. The van der Waals surface area contributed by atoms with E-state index in [1.807, 2.05) is 18.2 Å². The molecule has 27 heavy (non-hydrogen) atoms. The maximum Gasteiger partial charge on any atom is 0.189 e. The van der Waals surface area contributed by atoms with Crippen molar-refractivity contribution >= 4 is 5.96 Å². The third kappa shape index (κ3) is 4.15. The first kappa shape index (κ1) is 19.8. The molecule has 0 heterocycles. The molecule has 2 atom stereocenters. The molecular weight excluding hydrogens is 342 g/mol. The van der Waals surface area contributed by atoms with Gasteiger partial charge in [-0.1, -0.05) is 25.3 Å². The lowest BCUT2D eigenvalue weighted by Gasteiger charge is -2.57. The van der Waals surface area contributed by atoms with E-state index in [0.29, 0.717) is 36.1 Å². The molecule has 2 unspecified atom stereocenters. The van der Waals surface area contributed by atoms with E-state index in [0.717, 1.165) is 18.6 Å². The molecule has 3 N–H and O–H groups in total. The summed E-state index contributed by atoms with van der Waals surface area (Å²) in [6.07, 6.45) is 7.71. The molecule has 0 saturated heterocycles. The van der Waals surface area contributed by atoms with Gasteiger partial charge in [0.25, 0.3) is 0 Å². The lowest BCUT2D eigenvalue weighted by molar-refractivity contribution is -0.145. The molecular formula is C21H33N3O3. The summed E-state index contributed by atoms with van der Waals surface area (Å²) in [5, 5.41) is 3.48. The Morgan fingerprint density at radius 1 is 1.19 bits per heavy atom. The minimum absolute atomic E-state index is 0.234. The Labute approximate surface area is 162 Å². The van der Waals surface area contributed by atoms with Crippen molar-refractivity contribution < 1.29 is 14.2 Å². The molecule has 1 spiro atoms. The van der Waals surface area contributed by atoms with Crippen molar-refractivity contribution in [2.45, 2.75) is 64.1 Å². The Morgan fingerprint density at radius 3 is 2.59 bits per heavy atom. The van der Waals surface area contributed by atoms with Crippen LogP contribution in [0.2, 0.25) is 0 Å². The third-order valence-corrected chi connectivity index (χ3v) is 6.14. The minimum Gasteiger partial charge on any atom is -0.493 e. The van der Waals surface area contributed by atoms with Crippen LogP contribution in [-0.4, -0.2) is 38.9 Å². The zero-order valence-electron chi connectivity index (χ0n) is 16.8. The van der Waals surface area contributed by atoms with Crippen LogP contribution in [0.4, 0.5) is 0 Å². The normalized spacial score (nSPS) is 24.3. The molecule has 2 fully saturated rings. The number of benzene rings is 1. The van der Waals surface area contributed by atoms with Crippen LogP contribution in [0.1, 0.15) is 51.0 Å². The van der Waals surface area contributed by atoms with Gasteiger partial charge >= 0.3 is 0 Å². The van der Waals surface area contributed by atoms with Crippen molar-refractivity contribution in [3.8, 4) is 11.5 Å². The topological polar surface area (TPSA) is 78.1 Å². The molecule has 150 valence electrons. The van der Waals surface area contributed by atoms with Gasteiger partial charge in [-0.25, -0.2) is 4.99 Å². The van der Waals surface area contributed by atoms with Gasteiger partial charge in [0.05, 0.1) is 26.9 Å². The molecule has 0 radical (unpaired) electrons. The van der Waals surface area contributed by atoms with E-state index >= 15 is 0 Å². The molecule has 2 saturated carbocycles. The summed E-state index contributed by atoms with van der Waals surface area (Å²) >= 11 is 0. The van der Waals surface area contributed by atoms with Gasteiger partial charge in [0.2, 0.25) is 0 Å². The van der Waals surface area contributed by atoms with Gasteiger partial charge in [-0.15, -0.1) is 0 Å². The molecule has 1 aromatic carbocycles. The van der Waals surface area contributed by atoms with Gasteiger partial charge in [0.1, 0.15) is 0 Å². The predicted molar refractivity (Wildman–Crippen MR) is 107 cm³/mol. The first-order chi connectivity index (χ1) is 13.1. The molecule has 0 aliphatic heterocycles. The highest BCUT2D eigenvalue weighted by Crippen LogP contribution is 2.53. The van der Waals surface area contributed by atoms with Crippen molar-refractivity contribution in [1.29, 1.82) is 0 Å². The van der Waals surface area contributed by atoms with E-state index in [2.05, 4.69) is 17.2 Å². The average molecular weight is 376 g/mol. The first-order valence-electron chi connectivity index (χ1n) is 10.0. The first-order valence-corrected chi connectivity index (χ1v) is 10.0. The molecule has 0 aromatic heterocycles. The standard InChI is InChI=1S/C21H33N3O3/c1-4-27-19-13-18(21(19)10-6-5-7-11-21)24-20(22)23-14-15-8-9-16(25-2)17(12-15)26-3/h8-9,12,18-19H,4-7,10-11,13-14H2,1-3H3,(H3,22,23,24). The quantitative estimate of drug-likeness (QED) is 0.565. The maximum atomic E-state index is 6.21. The van der Waals surface area contributed by atoms with Crippen LogP contribution in [0.15, 0.2) is 23.2 Å². The summed E-state index contributed by atoms with van der Waals surface area (Å²) in [5.41, 5.74) is 7.48. The molecule has 2 aliphatic carbocycles. The summed E-state index contributed by atoms with van der Waals surface area (Å²) in [6, 6.07) is 6.17. The number of ether oxygens (including phenoxy) is 3.